The molecule has 0 aliphatic heterocycles. The molecule has 0 unspecified atom stereocenters. The van der Waals surface area contributed by atoms with Crippen LogP contribution in [0.1, 0.15) is 52.4 Å². The first-order chi connectivity index (χ1) is 5.91. The smallest absolute Gasteiger partial charge is 0.673 e. The minimum atomic E-state index is -6.00. The average molecular weight is 328 g/mol. The number of unbranched alkanes of at least 4 members (excludes halogenated alkanes) is 5. The zero-order chi connectivity index (χ0) is 10.7. The van der Waals surface area contributed by atoms with E-state index in [4.69, 9.17) is 0 Å². The summed E-state index contributed by atoms with van der Waals surface area (Å²) in [7, 11) is -6.00. The van der Waals surface area contributed by atoms with Crippen molar-refractivity contribution in [3.8, 4) is 0 Å². The SMILES string of the molecule is CCCCCCCC.F[B-](F)(F)F.[Ag].[F-]. The van der Waals surface area contributed by atoms with Gasteiger partial charge >= 0.3 is 7.25 Å². The van der Waals surface area contributed by atoms with E-state index in [9.17, 15) is 17.3 Å². The van der Waals surface area contributed by atoms with E-state index in [1.54, 1.807) is 0 Å². The van der Waals surface area contributed by atoms with Crippen molar-refractivity contribution >= 4 is 7.25 Å². The van der Waals surface area contributed by atoms with Crippen LogP contribution in [-0.4, -0.2) is 7.25 Å². The van der Waals surface area contributed by atoms with Crippen molar-refractivity contribution in [2.24, 2.45) is 0 Å². The predicted octanol–water partition coefficient (Wildman–Crippen LogP) is 1.67. The third-order valence-electron chi connectivity index (χ3n) is 1.46. The Kier molecular flexibility index (Phi) is 27.7. The van der Waals surface area contributed by atoms with E-state index in [1.807, 2.05) is 0 Å². The normalized spacial score (nSPS) is 9.20. The standard InChI is InChI=1S/C8H18.Ag.BF4.FH/c1-3-5-7-8-6-4-2;;2-1(3,4)5;/h3-8H2,1-2H3;;;1H/q;;-1;/p-1. The first kappa shape index (κ1) is 24.6. The maximum absolute atomic E-state index is 9.75. The Morgan fingerprint density at radius 1 is 0.733 bits per heavy atom. The third-order valence-corrected chi connectivity index (χ3v) is 1.46. The quantitative estimate of drug-likeness (QED) is 0.409. The Hall–Kier alpha value is 0.455. The van der Waals surface area contributed by atoms with E-state index in [0.717, 1.165) is 0 Å². The van der Waals surface area contributed by atoms with Gasteiger partial charge in [0.2, 0.25) is 0 Å². The molecule has 0 spiro atoms. The van der Waals surface area contributed by atoms with Gasteiger partial charge in [0.25, 0.3) is 0 Å². The molecule has 0 aliphatic rings. The van der Waals surface area contributed by atoms with Gasteiger partial charge in [-0.25, -0.2) is 0 Å². The average Bonchev–Trinajstić information content (AvgIpc) is 1.95. The molecule has 0 aromatic carbocycles. The summed E-state index contributed by atoms with van der Waals surface area (Å²) in [5.41, 5.74) is 0. The van der Waals surface area contributed by atoms with Crippen LogP contribution in [0.15, 0.2) is 0 Å². The van der Waals surface area contributed by atoms with E-state index in [2.05, 4.69) is 13.8 Å². The van der Waals surface area contributed by atoms with Gasteiger partial charge in [0, 0.05) is 22.4 Å². The van der Waals surface area contributed by atoms with Crippen LogP contribution < -0.4 is 4.70 Å². The van der Waals surface area contributed by atoms with Gasteiger partial charge in [-0.15, -0.1) is 0 Å². The first-order valence-corrected chi connectivity index (χ1v) is 4.79. The fraction of sp³-hybridized carbons (Fsp3) is 1.00. The second kappa shape index (κ2) is 16.9. The summed E-state index contributed by atoms with van der Waals surface area (Å²) in [6.07, 6.45) is 8.49. The fourth-order valence-corrected chi connectivity index (χ4v) is 0.854. The third kappa shape index (κ3) is 75.4. The summed E-state index contributed by atoms with van der Waals surface area (Å²) in [6.45, 7) is 4.51. The van der Waals surface area contributed by atoms with E-state index >= 15 is 0 Å². The van der Waals surface area contributed by atoms with Crippen LogP contribution in [0.25, 0.3) is 0 Å². The predicted molar refractivity (Wildman–Crippen MR) is 49.2 cm³/mol. The Morgan fingerprint density at radius 3 is 1.07 bits per heavy atom. The van der Waals surface area contributed by atoms with Crippen molar-refractivity contribution < 1.29 is 44.3 Å². The summed E-state index contributed by atoms with van der Waals surface area (Å²) in [6, 6.07) is 0. The van der Waals surface area contributed by atoms with Gasteiger partial charge in [0.1, 0.15) is 0 Å². The van der Waals surface area contributed by atoms with Gasteiger partial charge in [-0.3, -0.25) is 0 Å². The molecule has 0 atom stereocenters. The topological polar surface area (TPSA) is 0 Å². The molecular formula is C8H18AgBF5-2. The molecule has 0 saturated carbocycles. The molecule has 15 heavy (non-hydrogen) atoms. The van der Waals surface area contributed by atoms with Gasteiger partial charge in [0.05, 0.1) is 0 Å². The second-order valence-electron chi connectivity index (χ2n) is 2.91. The van der Waals surface area contributed by atoms with Crippen LogP contribution >= 0.6 is 0 Å². The van der Waals surface area contributed by atoms with Gasteiger partial charge in [-0.2, -0.15) is 0 Å². The van der Waals surface area contributed by atoms with Crippen LogP contribution in [0, 0.1) is 0 Å². The van der Waals surface area contributed by atoms with Crippen LogP contribution in [0.3, 0.4) is 0 Å². The zero-order valence-electron chi connectivity index (χ0n) is 9.01. The largest absolute Gasteiger partial charge is 1.00 e. The molecule has 0 aliphatic carbocycles. The van der Waals surface area contributed by atoms with Gasteiger partial charge in [0.15, 0.2) is 0 Å². The molecule has 1 radical (unpaired) electrons. The molecule has 0 fully saturated rings. The van der Waals surface area contributed by atoms with Gasteiger partial charge in [-0.05, 0) is 0 Å². The van der Waals surface area contributed by atoms with Crippen molar-refractivity contribution in [1.82, 2.24) is 0 Å². The Bertz CT molecular complexity index is 87.5. The van der Waals surface area contributed by atoms with Crippen LogP contribution in [-0.2, 0) is 22.4 Å². The first-order valence-electron chi connectivity index (χ1n) is 4.79. The monoisotopic (exact) mass is 327 g/mol. The summed E-state index contributed by atoms with van der Waals surface area (Å²) in [4.78, 5) is 0. The summed E-state index contributed by atoms with van der Waals surface area (Å²) >= 11 is 0. The van der Waals surface area contributed by atoms with Crippen molar-refractivity contribution in [3.63, 3.8) is 0 Å². The summed E-state index contributed by atoms with van der Waals surface area (Å²) in [5.74, 6) is 0. The molecule has 0 amide bonds. The number of hydrogen-bond donors (Lipinski definition) is 0. The number of hydrogen-bond acceptors (Lipinski definition) is 0. The molecule has 0 saturated heterocycles. The molecule has 0 bridgehead atoms. The van der Waals surface area contributed by atoms with E-state index in [0.29, 0.717) is 0 Å². The van der Waals surface area contributed by atoms with Crippen molar-refractivity contribution in [2.45, 2.75) is 52.4 Å². The molecule has 7 heteroatoms. The molecular weight excluding hydrogens is 310 g/mol. The number of rotatable bonds is 5. The van der Waals surface area contributed by atoms with Crippen molar-refractivity contribution in [1.29, 1.82) is 0 Å². The maximum Gasteiger partial charge on any atom is 0.673 e. The molecule has 101 valence electrons. The minimum Gasteiger partial charge on any atom is -1.00 e. The van der Waals surface area contributed by atoms with Crippen molar-refractivity contribution in [2.75, 3.05) is 0 Å². The molecule has 0 N–H and O–H groups in total. The Morgan fingerprint density at radius 2 is 0.933 bits per heavy atom. The maximum atomic E-state index is 9.75. The molecule has 0 heterocycles. The molecule has 0 nitrogen and oxygen atoms in total. The van der Waals surface area contributed by atoms with E-state index in [-0.39, 0.29) is 27.1 Å². The second-order valence-corrected chi connectivity index (χ2v) is 2.91. The van der Waals surface area contributed by atoms with Crippen molar-refractivity contribution in [3.05, 3.63) is 0 Å². The van der Waals surface area contributed by atoms with Crippen LogP contribution in [0.4, 0.5) is 17.3 Å². The minimum absolute atomic E-state index is 0. The zero-order valence-corrected chi connectivity index (χ0v) is 10.5. The van der Waals surface area contributed by atoms with Gasteiger partial charge < -0.3 is 22.0 Å². The Labute approximate surface area is 104 Å². The molecule has 0 aromatic rings. The van der Waals surface area contributed by atoms with Crippen LogP contribution in [0.2, 0.25) is 0 Å². The molecule has 0 rings (SSSR count). The Balaban J connectivity index is -0.0000000770. The summed E-state index contributed by atoms with van der Waals surface area (Å²) in [5, 5.41) is 0. The fourth-order valence-electron chi connectivity index (χ4n) is 0.854. The number of halogens is 5. The van der Waals surface area contributed by atoms with Gasteiger partial charge in [-0.1, -0.05) is 52.4 Å². The molecule has 0 aromatic heterocycles. The van der Waals surface area contributed by atoms with Crippen LogP contribution in [0.5, 0.6) is 0 Å². The van der Waals surface area contributed by atoms with E-state index < -0.39 is 7.25 Å². The summed E-state index contributed by atoms with van der Waals surface area (Å²) < 4.78 is 39.0. The van der Waals surface area contributed by atoms with E-state index in [1.165, 1.54) is 38.5 Å².